The van der Waals surface area contributed by atoms with Gasteiger partial charge in [-0.2, -0.15) is 0 Å². The summed E-state index contributed by atoms with van der Waals surface area (Å²) in [6.45, 7) is 7.44. The largest absolute Gasteiger partial charge is 0.396 e. The normalized spacial score (nSPS) is 11.2. The summed E-state index contributed by atoms with van der Waals surface area (Å²) in [6.07, 6.45) is 1.68. The molecule has 0 atom stereocenters. The zero-order valence-corrected chi connectivity index (χ0v) is 12.7. The summed E-state index contributed by atoms with van der Waals surface area (Å²) in [5.41, 5.74) is 1.27. The molecule has 1 rings (SSSR count). The van der Waals surface area contributed by atoms with Crippen LogP contribution in [0.3, 0.4) is 0 Å². The lowest BCUT2D eigenvalue weighted by Gasteiger charge is -2.29. The van der Waals surface area contributed by atoms with E-state index in [-0.39, 0.29) is 17.9 Å². The third-order valence-electron chi connectivity index (χ3n) is 4.00. The van der Waals surface area contributed by atoms with Crippen molar-refractivity contribution in [2.24, 2.45) is 5.41 Å². The van der Waals surface area contributed by atoms with Crippen LogP contribution in [-0.2, 0) is 0 Å². The third-order valence-corrected chi connectivity index (χ3v) is 4.00. The first-order valence-corrected chi connectivity index (χ1v) is 7.34. The molecule has 1 aromatic carbocycles. The van der Waals surface area contributed by atoms with Crippen molar-refractivity contribution in [2.75, 3.05) is 25.0 Å². The molecule has 0 saturated carbocycles. The summed E-state index contributed by atoms with van der Waals surface area (Å²) in [5, 5.41) is 15.7. The summed E-state index contributed by atoms with van der Waals surface area (Å²) in [5.74, 6) is -0.0960. The number of rotatable bonds is 8. The second-order valence-corrected chi connectivity index (χ2v) is 5.12. The van der Waals surface area contributed by atoms with Gasteiger partial charge in [0.15, 0.2) is 0 Å². The Bertz CT molecular complexity index is 420. The van der Waals surface area contributed by atoms with E-state index in [4.69, 9.17) is 0 Å². The van der Waals surface area contributed by atoms with Gasteiger partial charge in [-0.25, -0.2) is 0 Å². The molecule has 0 aromatic heterocycles. The smallest absolute Gasteiger partial charge is 0.253 e. The van der Waals surface area contributed by atoms with Crippen molar-refractivity contribution < 1.29 is 9.90 Å². The predicted octanol–water partition coefficient (Wildman–Crippen LogP) is 2.65. The molecular formula is C16H26N2O2. The summed E-state index contributed by atoms with van der Waals surface area (Å²) in [6, 6.07) is 7.47. The van der Waals surface area contributed by atoms with Crippen molar-refractivity contribution in [3.8, 4) is 0 Å². The minimum absolute atomic E-state index is 0.0924. The maximum atomic E-state index is 12.3. The highest BCUT2D eigenvalue weighted by molar-refractivity contribution is 5.99. The average Bonchev–Trinajstić information content (AvgIpc) is 2.50. The molecule has 1 amide bonds. The number of benzene rings is 1. The van der Waals surface area contributed by atoms with Gasteiger partial charge in [-0.1, -0.05) is 26.0 Å². The van der Waals surface area contributed by atoms with Gasteiger partial charge in [0.1, 0.15) is 0 Å². The van der Waals surface area contributed by atoms with Gasteiger partial charge in [0.2, 0.25) is 0 Å². The van der Waals surface area contributed by atoms with Crippen LogP contribution in [-0.4, -0.2) is 30.7 Å². The fourth-order valence-corrected chi connectivity index (χ4v) is 2.17. The van der Waals surface area contributed by atoms with Crippen molar-refractivity contribution in [2.45, 2.75) is 33.6 Å². The number of anilines is 1. The molecule has 0 heterocycles. The van der Waals surface area contributed by atoms with E-state index in [0.29, 0.717) is 12.1 Å². The van der Waals surface area contributed by atoms with E-state index in [1.165, 1.54) is 0 Å². The van der Waals surface area contributed by atoms with Crippen LogP contribution in [0.25, 0.3) is 0 Å². The topological polar surface area (TPSA) is 61.4 Å². The van der Waals surface area contributed by atoms with Gasteiger partial charge in [0, 0.05) is 24.2 Å². The summed E-state index contributed by atoms with van der Waals surface area (Å²) in [7, 11) is 0. The lowest BCUT2D eigenvalue weighted by Crippen LogP contribution is -2.39. The standard InChI is InChI=1S/C16H26N2O2/c1-4-16(5-2,12-19)11-18-15(20)13-9-7-8-10-14(13)17-6-3/h7-10,17,19H,4-6,11-12H2,1-3H3,(H,18,20). The van der Waals surface area contributed by atoms with E-state index in [1.54, 1.807) is 0 Å². The van der Waals surface area contributed by atoms with Gasteiger partial charge < -0.3 is 15.7 Å². The van der Waals surface area contributed by atoms with Gasteiger partial charge >= 0.3 is 0 Å². The van der Waals surface area contributed by atoms with Crippen LogP contribution in [0.1, 0.15) is 44.0 Å². The molecule has 0 bridgehead atoms. The minimum Gasteiger partial charge on any atom is -0.396 e. The maximum absolute atomic E-state index is 12.3. The first-order chi connectivity index (χ1) is 9.62. The second-order valence-electron chi connectivity index (χ2n) is 5.12. The molecule has 4 heteroatoms. The Morgan fingerprint density at radius 3 is 2.40 bits per heavy atom. The van der Waals surface area contributed by atoms with Crippen molar-refractivity contribution in [1.82, 2.24) is 5.32 Å². The quantitative estimate of drug-likeness (QED) is 0.685. The fraction of sp³-hybridized carbons (Fsp3) is 0.562. The van der Waals surface area contributed by atoms with Gasteiger partial charge in [-0.15, -0.1) is 0 Å². The maximum Gasteiger partial charge on any atom is 0.253 e. The summed E-state index contributed by atoms with van der Waals surface area (Å²) in [4.78, 5) is 12.3. The number of hydrogen-bond acceptors (Lipinski definition) is 3. The van der Waals surface area contributed by atoms with Crippen LogP contribution >= 0.6 is 0 Å². The van der Waals surface area contributed by atoms with E-state index in [0.717, 1.165) is 25.1 Å². The molecule has 0 aliphatic heterocycles. The molecule has 112 valence electrons. The fourth-order valence-electron chi connectivity index (χ4n) is 2.17. The van der Waals surface area contributed by atoms with Crippen LogP contribution in [0.5, 0.6) is 0 Å². The highest BCUT2D eigenvalue weighted by Gasteiger charge is 2.26. The Labute approximate surface area is 121 Å². The molecule has 0 aliphatic rings. The van der Waals surface area contributed by atoms with Crippen LogP contribution in [0.2, 0.25) is 0 Å². The van der Waals surface area contributed by atoms with E-state index in [1.807, 2.05) is 45.0 Å². The molecule has 0 unspecified atom stereocenters. The molecule has 0 spiro atoms. The SMILES string of the molecule is CCNc1ccccc1C(=O)NCC(CC)(CC)CO. The number of aliphatic hydroxyl groups excluding tert-OH is 1. The zero-order valence-electron chi connectivity index (χ0n) is 12.7. The monoisotopic (exact) mass is 278 g/mol. The molecule has 0 radical (unpaired) electrons. The Balaban J connectivity index is 2.76. The molecular weight excluding hydrogens is 252 g/mol. The predicted molar refractivity (Wildman–Crippen MR) is 83.0 cm³/mol. The molecule has 3 N–H and O–H groups in total. The Morgan fingerprint density at radius 2 is 1.85 bits per heavy atom. The first-order valence-electron chi connectivity index (χ1n) is 7.34. The highest BCUT2D eigenvalue weighted by Crippen LogP contribution is 2.24. The molecule has 0 aliphatic carbocycles. The molecule has 1 aromatic rings. The molecule has 0 fully saturated rings. The molecule has 0 saturated heterocycles. The van der Waals surface area contributed by atoms with Gasteiger partial charge in [0.25, 0.3) is 5.91 Å². The summed E-state index contributed by atoms with van der Waals surface area (Å²) >= 11 is 0. The van der Waals surface area contributed by atoms with Crippen molar-refractivity contribution in [3.63, 3.8) is 0 Å². The lowest BCUT2D eigenvalue weighted by atomic mass is 9.83. The Kier molecular flexibility index (Phi) is 6.52. The molecule has 4 nitrogen and oxygen atoms in total. The second kappa shape index (κ2) is 7.90. The van der Waals surface area contributed by atoms with E-state index in [9.17, 15) is 9.90 Å². The number of nitrogens with one attached hydrogen (secondary N) is 2. The van der Waals surface area contributed by atoms with E-state index >= 15 is 0 Å². The Hall–Kier alpha value is -1.55. The number of hydrogen-bond donors (Lipinski definition) is 3. The first kappa shape index (κ1) is 16.5. The van der Waals surface area contributed by atoms with Gasteiger partial charge in [-0.05, 0) is 31.9 Å². The van der Waals surface area contributed by atoms with Crippen LogP contribution in [0, 0.1) is 5.41 Å². The van der Waals surface area contributed by atoms with Gasteiger partial charge in [-0.3, -0.25) is 4.79 Å². The van der Waals surface area contributed by atoms with E-state index in [2.05, 4.69) is 10.6 Å². The van der Waals surface area contributed by atoms with Crippen molar-refractivity contribution >= 4 is 11.6 Å². The van der Waals surface area contributed by atoms with Crippen molar-refractivity contribution in [3.05, 3.63) is 29.8 Å². The third kappa shape index (κ3) is 3.97. The van der Waals surface area contributed by atoms with Crippen molar-refractivity contribution in [1.29, 1.82) is 0 Å². The number of para-hydroxylation sites is 1. The molecule has 20 heavy (non-hydrogen) atoms. The van der Waals surface area contributed by atoms with E-state index < -0.39 is 0 Å². The number of carbonyl (C=O) groups excluding carboxylic acids is 1. The van der Waals surface area contributed by atoms with Crippen LogP contribution in [0.4, 0.5) is 5.69 Å². The summed E-state index contributed by atoms with van der Waals surface area (Å²) < 4.78 is 0. The Morgan fingerprint density at radius 1 is 1.20 bits per heavy atom. The number of amides is 1. The van der Waals surface area contributed by atoms with Gasteiger partial charge in [0.05, 0.1) is 12.2 Å². The number of aliphatic hydroxyl groups is 1. The number of carbonyl (C=O) groups is 1. The highest BCUT2D eigenvalue weighted by atomic mass is 16.3. The van der Waals surface area contributed by atoms with Crippen LogP contribution in [0.15, 0.2) is 24.3 Å². The zero-order chi connectivity index (χ0) is 15.0. The average molecular weight is 278 g/mol. The lowest BCUT2D eigenvalue weighted by molar-refractivity contribution is 0.0852. The minimum atomic E-state index is -0.219. The van der Waals surface area contributed by atoms with Crippen LogP contribution < -0.4 is 10.6 Å².